The SMILES string of the molecule is Br.Br.Br.Br.Br.C=CC(=O)OCCCCC. The molecule has 0 aromatic rings. The van der Waals surface area contributed by atoms with Gasteiger partial charge in [0, 0.05) is 6.08 Å². The van der Waals surface area contributed by atoms with Gasteiger partial charge in [-0.1, -0.05) is 26.3 Å². The normalized spacial score (nSPS) is 5.93. The molecule has 0 aromatic heterocycles. The third-order valence-electron chi connectivity index (χ3n) is 1.16. The van der Waals surface area contributed by atoms with E-state index in [0.717, 1.165) is 19.3 Å². The van der Waals surface area contributed by atoms with Gasteiger partial charge in [-0.15, -0.1) is 84.9 Å². The Morgan fingerprint density at radius 1 is 1.13 bits per heavy atom. The number of ether oxygens (including phenoxy) is 1. The number of carbonyl (C=O) groups is 1. The molecule has 0 radical (unpaired) electrons. The van der Waals surface area contributed by atoms with Crippen LogP contribution in [0.1, 0.15) is 26.2 Å². The average molecular weight is 547 g/mol. The van der Waals surface area contributed by atoms with Gasteiger partial charge in [0.25, 0.3) is 0 Å². The van der Waals surface area contributed by atoms with Crippen molar-refractivity contribution in [1.29, 1.82) is 0 Å². The fourth-order valence-electron chi connectivity index (χ4n) is 0.584. The van der Waals surface area contributed by atoms with Gasteiger partial charge in [0.05, 0.1) is 6.61 Å². The monoisotopic (exact) mass is 542 g/mol. The summed E-state index contributed by atoms with van der Waals surface area (Å²) in [4.78, 5) is 10.4. The molecule has 0 aliphatic rings. The predicted octanol–water partition coefficient (Wildman–Crippen LogP) is 4.80. The predicted molar refractivity (Wildman–Crippen MR) is 92.3 cm³/mol. The molecule has 0 saturated heterocycles. The maximum atomic E-state index is 10.4. The lowest BCUT2D eigenvalue weighted by atomic mass is 10.3. The topological polar surface area (TPSA) is 26.3 Å². The summed E-state index contributed by atoms with van der Waals surface area (Å²) in [5.74, 6) is -0.323. The molecule has 98 valence electrons. The van der Waals surface area contributed by atoms with Gasteiger partial charge in [-0.3, -0.25) is 0 Å². The third kappa shape index (κ3) is 31.3. The minimum Gasteiger partial charge on any atom is -0.463 e. The summed E-state index contributed by atoms with van der Waals surface area (Å²) < 4.78 is 4.74. The molecule has 0 fully saturated rings. The summed E-state index contributed by atoms with van der Waals surface area (Å²) >= 11 is 0. The highest BCUT2D eigenvalue weighted by Gasteiger charge is 1.92. The molecule has 0 aliphatic heterocycles. The lowest BCUT2D eigenvalue weighted by molar-refractivity contribution is -0.137. The Hall–Kier alpha value is 1.61. The number of halogens is 5. The Bertz CT molecular complexity index is 122. The van der Waals surface area contributed by atoms with Gasteiger partial charge in [0.1, 0.15) is 0 Å². The molecular weight excluding hydrogens is 528 g/mol. The van der Waals surface area contributed by atoms with Gasteiger partial charge in [0.15, 0.2) is 0 Å². The summed E-state index contributed by atoms with van der Waals surface area (Å²) in [6.45, 7) is 5.92. The molecule has 0 heterocycles. The van der Waals surface area contributed by atoms with E-state index in [0.29, 0.717) is 6.61 Å². The van der Waals surface area contributed by atoms with Crippen molar-refractivity contribution in [1.82, 2.24) is 0 Å². The lowest BCUT2D eigenvalue weighted by Crippen LogP contribution is -2.01. The van der Waals surface area contributed by atoms with E-state index < -0.39 is 0 Å². The maximum absolute atomic E-state index is 10.4. The van der Waals surface area contributed by atoms with Gasteiger partial charge >= 0.3 is 5.97 Å². The number of hydrogen-bond acceptors (Lipinski definition) is 2. The standard InChI is InChI=1S/C8H14O2.5BrH/c1-3-5-6-7-10-8(9)4-2;;;;;/h4H,2-3,5-7H2,1H3;5*1H. The van der Waals surface area contributed by atoms with Crippen molar-refractivity contribution in [3.8, 4) is 0 Å². The van der Waals surface area contributed by atoms with Gasteiger partial charge in [0.2, 0.25) is 0 Å². The minimum absolute atomic E-state index is 0. The molecule has 0 saturated carbocycles. The third-order valence-corrected chi connectivity index (χ3v) is 1.16. The molecule has 0 aromatic carbocycles. The fourth-order valence-corrected chi connectivity index (χ4v) is 0.584. The molecule has 0 bridgehead atoms. The zero-order chi connectivity index (χ0) is 7.82. The first kappa shape index (κ1) is 36.0. The molecule has 2 nitrogen and oxygen atoms in total. The van der Waals surface area contributed by atoms with Crippen molar-refractivity contribution in [2.45, 2.75) is 26.2 Å². The van der Waals surface area contributed by atoms with Crippen molar-refractivity contribution >= 4 is 90.9 Å². The Balaban J connectivity index is -0.0000000405. The van der Waals surface area contributed by atoms with E-state index in [-0.39, 0.29) is 90.9 Å². The zero-order valence-electron chi connectivity index (χ0n) is 8.47. The minimum atomic E-state index is -0.323. The first-order chi connectivity index (χ1) is 4.81. The fraction of sp³-hybridized carbons (Fsp3) is 0.625. The molecule has 0 N–H and O–H groups in total. The van der Waals surface area contributed by atoms with Crippen LogP contribution in [0.15, 0.2) is 12.7 Å². The molecule has 0 unspecified atom stereocenters. The van der Waals surface area contributed by atoms with Gasteiger partial charge in [-0.05, 0) is 6.42 Å². The Morgan fingerprint density at radius 2 is 1.60 bits per heavy atom. The first-order valence-corrected chi connectivity index (χ1v) is 3.60. The van der Waals surface area contributed by atoms with E-state index in [4.69, 9.17) is 4.74 Å². The summed E-state index contributed by atoms with van der Waals surface area (Å²) in [7, 11) is 0. The molecule has 15 heavy (non-hydrogen) atoms. The van der Waals surface area contributed by atoms with E-state index in [9.17, 15) is 4.79 Å². The van der Waals surface area contributed by atoms with Crippen LogP contribution >= 0.6 is 84.9 Å². The van der Waals surface area contributed by atoms with E-state index in [2.05, 4.69) is 13.5 Å². The summed E-state index contributed by atoms with van der Waals surface area (Å²) in [5, 5.41) is 0. The van der Waals surface area contributed by atoms with Crippen LogP contribution < -0.4 is 0 Å². The lowest BCUT2D eigenvalue weighted by Gasteiger charge is -1.98. The van der Waals surface area contributed by atoms with E-state index in [1.807, 2.05) is 0 Å². The smallest absolute Gasteiger partial charge is 0.330 e. The highest BCUT2D eigenvalue weighted by molar-refractivity contribution is 8.93. The Labute approximate surface area is 144 Å². The van der Waals surface area contributed by atoms with E-state index >= 15 is 0 Å². The molecule has 0 spiro atoms. The van der Waals surface area contributed by atoms with Gasteiger partial charge in [-0.25, -0.2) is 4.79 Å². The zero-order valence-corrected chi connectivity index (χ0v) is 17.0. The second-order valence-electron chi connectivity index (χ2n) is 2.08. The van der Waals surface area contributed by atoms with Crippen molar-refractivity contribution in [2.75, 3.05) is 6.61 Å². The van der Waals surface area contributed by atoms with Crippen LogP contribution in [-0.2, 0) is 9.53 Å². The van der Waals surface area contributed by atoms with Gasteiger partial charge < -0.3 is 4.74 Å². The van der Waals surface area contributed by atoms with Crippen LogP contribution in [-0.4, -0.2) is 12.6 Å². The molecule has 7 heteroatoms. The van der Waals surface area contributed by atoms with Crippen LogP contribution in [0, 0.1) is 0 Å². The highest BCUT2D eigenvalue weighted by Crippen LogP contribution is 1.94. The first-order valence-electron chi connectivity index (χ1n) is 3.60. The van der Waals surface area contributed by atoms with Crippen molar-refractivity contribution in [3.63, 3.8) is 0 Å². The second-order valence-corrected chi connectivity index (χ2v) is 2.08. The van der Waals surface area contributed by atoms with Crippen LogP contribution in [0.2, 0.25) is 0 Å². The molecule has 0 amide bonds. The van der Waals surface area contributed by atoms with E-state index in [1.54, 1.807) is 0 Å². The summed E-state index contributed by atoms with van der Waals surface area (Å²) in [6, 6.07) is 0. The molecule has 0 rings (SSSR count). The molecule has 0 atom stereocenters. The quantitative estimate of drug-likeness (QED) is 0.282. The van der Waals surface area contributed by atoms with Crippen molar-refractivity contribution < 1.29 is 9.53 Å². The van der Waals surface area contributed by atoms with Crippen LogP contribution in [0.4, 0.5) is 0 Å². The maximum Gasteiger partial charge on any atom is 0.330 e. The summed E-state index contributed by atoms with van der Waals surface area (Å²) in [6.07, 6.45) is 4.40. The molecular formula is C8H19Br5O2. The number of unbranched alkanes of at least 4 members (excludes halogenated alkanes) is 2. The van der Waals surface area contributed by atoms with Crippen molar-refractivity contribution in [3.05, 3.63) is 12.7 Å². The number of esters is 1. The average Bonchev–Trinajstić information content (AvgIpc) is 1.98. The van der Waals surface area contributed by atoms with Crippen LogP contribution in [0.5, 0.6) is 0 Å². The number of hydrogen-bond donors (Lipinski definition) is 0. The Morgan fingerprint density at radius 3 is 1.93 bits per heavy atom. The van der Waals surface area contributed by atoms with E-state index in [1.165, 1.54) is 6.08 Å². The number of carbonyl (C=O) groups excluding carboxylic acids is 1. The largest absolute Gasteiger partial charge is 0.463 e. The van der Waals surface area contributed by atoms with Crippen molar-refractivity contribution in [2.24, 2.45) is 0 Å². The molecule has 0 aliphatic carbocycles. The van der Waals surface area contributed by atoms with Crippen LogP contribution in [0.3, 0.4) is 0 Å². The second kappa shape index (κ2) is 29.6. The van der Waals surface area contributed by atoms with Crippen LogP contribution in [0.25, 0.3) is 0 Å². The number of rotatable bonds is 5. The Kier molecular flexibility index (Phi) is 70.9. The summed E-state index contributed by atoms with van der Waals surface area (Å²) in [5.41, 5.74) is 0. The highest BCUT2D eigenvalue weighted by atomic mass is 79.9. The van der Waals surface area contributed by atoms with Gasteiger partial charge in [-0.2, -0.15) is 0 Å².